The molecule has 1 aliphatic carbocycles. The molecule has 0 spiro atoms. The molecule has 0 aromatic rings. The fourth-order valence-electron chi connectivity index (χ4n) is 1.75. The fraction of sp³-hybridized carbons (Fsp3) is 0.700. The van der Waals surface area contributed by atoms with Crippen LogP contribution in [0.3, 0.4) is 0 Å². The van der Waals surface area contributed by atoms with E-state index in [2.05, 4.69) is 0 Å². The van der Waals surface area contributed by atoms with Crippen molar-refractivity contribution in [3.63, 3.8) is 0 Å². The lowest BCUT2D eigenvalue weighted by Gasteiger charge is -2.15. The zero-order valence-corrected chi connectivity index (χ0v) is 8.15. The van der Waals surface area contributed by atoms with Gasteiger partial charge in [-0.15, -0.1) is 0 Å². The third kappa shape index (κ3) is 3.89. The van der Waals surface area contributed by atoms with Gasteiger partial charge < -0.3 is 15.9 Å². The molecule has 0 unspecified atom stereocenters. The van der Waals surface area contributed by atoms with Crippen LogP contribution in [0.2, 0.25) is 0 Å². The summed E-state index contributed by atoms with van der Waals surface area (Å²) >= 11 is 0. The van der Waals surface area contributed by atoms with Crippen molar-refractivity contribution in [3.8, 4) is 0 Å². The second-order valence-corrected chi connectivity index (χ2v) is 4.05. The van der Waals surface area contributed by atoms with Crippen molar-refractivity contribution in [1.82, 2.24) is 0 Å². The van der Waals surface area contributed by atoms with E-state index in [0.717, 1.165) is 31.8 Å². The smallest absolute Gasteiger partial charge is 0.327 e. The molecular weight excluding hydrogens is 182 g/mol. The standard InChI is InChI=1S/C10H17NO3/c11-8(12)7-10(5-6-10)4-2-1-3-9(13)14/h1,3,8,12H,2,4-7,11H2,(H,13,14)/b3-1+/t8-/m0/s1. The lowest BCUT2D eigenvalue weighted by atomic mass is 9.95. The number of nitrogens with two attached hydrogens (primary N) is 1. The zero-order valence-electron chi connectivity index (χ0n) is 8.15. The Balaban J connectivity index is 2.21. The molecule has 4 heteroatoms. The second-order valence-electron chi connectivity index (χ2n) is 4.05. The molecule has 80 valence electrons. The van der Waals surface area contributed by atoms with Crippen LogP contribution >= 0.6 is 0 Å². The van der Waals surface area contributed by atoms with Crippen molar-refractivity contribution in [3.05, 3.63) is 12.2 Å². The largest absolute Gasteiger partial charge is 0.478 e. The highest BCUT2D eigenvalue weighted by Crippen LogP contribution is 2.52. The van der Waals surface area contributed by atoms with Gasteiger partial charge in [-0.3, -0.25) is 0 Å². The van der Waals surface area contributed by atoms with Gasteiger partial charge in [0.25, 0.3) is 0 Å². The van der Waals surface area contributed by atoms with Gasteiger partial charge in [-0.1, -0.05) is 6.08 Å². The maximum Gasteiger partial charge on any atom is 0.327 e. The van der Waals surface area contributed by atoms with Gasteiger partial charge in [-0.05, 0) is 37.5 Å². The summed E-state index contributed by atoms with van der Waals surface area (Å²) in [6, 6.07) is 0. The molecule has 4 nitrogen and oxygen atoms in total. The van der Waals surface area contributed by atoms with Crippen LogP contribution < -0.4 is 5.73 Å². The SMILES string of the molecule is N[C@@H](O)CC1(CC/C=C/C(=O)O)CC1. The molecule has 0 bridgehead atoms. The number of hydrogen-bond donors (Lipinski definition) is 3. The highest BCUT2D eigenvalue weighted by atomic mass is 16.4. The molecule has 1 rings (SSSR count). The van der Waals surface area contributed by atoms with Crippen LogP contribution in [-0.4, -0.2) is 22.4 Å². The third-order valence-corrected chi connectivity index (χ3v) is 2.70. The minimum Gasteiger partial charge on any atom is -0.478 e. The summed E-state index contributed by atoms with van der Waals surface area (Å²) in [6.07, 6.45) is 6.59. The molecule has 4 N–H and O–H groups in total. The van der Waals surface area contributed by atoms with Gasteiger partial charge in [-0.2, -0.15) is 0 Å². The van der Waals surface area contributed by atoms with Crippen molar-refractivity contribution < 1.29 is 15.0 Å². The zero-order chi connectivity index (χ0) is 10.6. The van der Waals surface area contributed by atoms with Gasteiger partial charge >= 0.3 is 5.97 Å². The molecule has 1 aliphatic rings. The minimum absolute atomic E-state index is 0.191. The number of aliphatic carboxylic acids is 1. The van der Waals surface area contributed by atoms with Crippen LogP contribution in [0, 0.1) is 5.41 Å². The van der Waals surface area contributed by atoms with Crippen molar-refractivity contribution in [2.75, 3.05) is 0 Å². The predicted octanol–water partition coefficient (Wildman–Crippen LogP) is 0.855. The Morgan fingerprint density at radius 2 is 2.21 bits per heavy atom. The van der Waals surface area contributed by atoms with E-state index in [1.54, 1.807) is 6.08 Å². The van der Waals surface area contributed by atoms with Crippen molar-refractivity contribution in [2.24, 2.45) is 11.1 Å². The van der Waals surface area contributed by atoms with E-state index in [1.807, 2.05) is 0 Å². The lowest BCUT2D eigenvalue weighted by molar-refractivity contribution is -0.131. The quantitative estimate of drug-likeness (QED) is 0.437. The number of aliphatic hydroxyl groups excluding tert-OH is 1. The maximum absolute atomic E-state index is 10.2. The Bertz CT molecular complexity index is 232. The third-order valence-electron chi connectivity index (χ3n) is 2.70. The molecule has 0 aromatic carbocycles. The second kappa shape index (κ2) is 4.57. The van der Waals surface area contributed by atoms with E-state index >= 15 is 0 Å². The lowest BCUT2D eigenvalue weighted by Crippen LogP contribution is -2.23. The molecule has 1 saturated carbocycles. The summed E-state index contributed by atoms with van der Waals surface area (Å²) in [5, 5.41) is 17.4. The van der Waals surface area contributed by atoms with Crippen molar-refractivity contribution in [2.45, 2.75) is 38.3 Å². The molecular formula is C10H17NO3. The molecule has 1 fully saturated rings. The average molecular weight is 199 g/mol. The molecule has 1 atom stereocenters. The first-order chi connectivity index (χ1) is 6.54. The van der Waals surface area contributed by atoms with E-state index < -0.39 is 12.2 Å². The summed E-state index contributed by atoms with van der Waals surface area (Å²) in [6.45, 7) is 0. The van der Waals surface area contributed by atoms with E-state index in [0.29, 0.717) is 6.42 Å². The van der Waals surface area contributed by atoms with Crippen LogP contribution in [0.4, 0.5) is 0 Å². The Labute approximate surface area is 83.4 Å². The van der Waals surface area contributed by atoms with Gasteiger partial charge in [0, 0.05) is 6.08 Å². The fourth-order valence-corrected chi connectivity index (χ4v) is 1.75. The van der Waals surface area contributed by atoms with Gasteiger partial charge in [0.15, 0.2) is 0 Å². The number of hydrogen-bond acceptors (Lipinski definition) is 3. The summed E-state index contributed by atoms with van der Waals surface area (Å²) in [7, 11) is 0. The highest BCUT2D eigenvalue weighted by Gasteiger charge is 2.42. The maximum atomic E-state index is 10.2. The summed E-state index contributed by atoms with van der Waals surface area (Å²) in [5.74, 6) is -0.909. The van der Waals surface area contributed by atoms with E-state index in [9.17, 15) is 4.79 Å². The molecule has 0 saturated heterocycles. The van der Waals surface area contributed by atoms with Gasteiger partial charge in [-0.25, -0.2) is 4.79 Å². The molecule has 0 radical (unpaired) electrons. The van der Waals surface area contributed by atoms with Crippen LogP contribution in [0.1, 0.15) is 32.1 Å². The number of rotatable bonds is 6. The molecule has 0 aliphatic heterocycles. The van der Waals surface area contributed by atoms with Gasteiger partial charge in [0.2, 0.25) is 0 Å². The van der Waals surface area contributed by atoms with Crippen LogP contribution in [-0.2, 0) is 4.79 Å². The normalized spacial score (nSPS) is 21.0. The van der Waals surface area contributed by atoms with E-state index in [4.69, 9.17) is 15.9 Å². The van der Waals surface area contributed by atoms with E-state index in [1.165, 1.54) is 0 Å². The summed E-state index contributed by atoms with van der Waals surface area (Å²) in [4.78, 5) is 10.2. The Morgan fingerprint density at radius 1 is 1.57 bits per heavy atom. The Hall–Kier alpha value is -0.870. The number of carboxylic acids is 1. The van der Waals surface area contributed by atoms with Crippen LogP contribution in [0.15, 0.2) is 12.2 Å². The Morgan fingerprint density at radius 3 is 2.64 bits per heavy atom. The summed E-state index contributed by atoms with van der Waals surface area (Å²) < 4.78 is 0. The van der Waals surface area contributed by atoms with Crippen LogP contribution in [0.5, 0.6) is 0 Å². The molecule has 14 heavy (non-hydrogen) atoms. The topological polar surface area (TPSA) is 83.5 Å². The monoisotopic (exact) mass is 199 g/mol. The molecule has 0 heterocycles. The number of carbonyl (C=O) groups is 1. The average Bonchev–Trinajstić information content (AvgIpc) is 2.78. The van der Waals surface area contributed by atoms with Crippen molar-refractivity contribution >= 4 is 5.97 Å². The summed E-state index contributed by atoms with van der Waals surface area (Å²) in [5.41, 5.74) is 5.51. The minimum atomic E-state index is -0.909. The number of carboxylic acid groups (broad SMARTS) is 1. The van der Waals surface area contributed by atoms with Gasteiger partial charge in [0.1, 0.15) is 6.23 Å². The highest BCUT2D eigenvalue weighted by molar-refractivity contribution is 5.79. The first-order valence-corrected chi connectivity index (χ1v) is 4.87. The number of aliphatic hydroxyl groups is 1. The first-order valence-electron chi connectivity index (χ1n) is 4.87. The Kier molecular flexibility index (Phi) is 3.66. The molecule has 0 amide bonds. The van der Waals surface area contributed by atoms with Crippen molar-refractivity contribution in [1.29, 1.82) is 0 Å². The first kappa shape index (κ1) is 11.2. The van der Waals surface area contributed by atoms with Crippen LogP contribution in [0.25, 0.3) is 0 Å². The van der Waals surface area contributed by atoms with Gasteiger partial charge in [0.05, 0.1) is 0 Å². The molecule has 0 aromatic heterocycles. The van der Waals surface area contributed by atoms with E-state index in [-0.39, 0.29) is 5.41 Å². The number of allylic oxidation sites excluding steroid dienone is 1. The predicted molar refractivity (Wildman–Crippen MR) is 52.5 cm³/mol.